The second-order valence-corrected chi connectivity index (χ2v) is 4.63. The lowest BCUT2D eigenvalue weighted by Crippen LogP contribution is -2.21. The number of pyridine rings is 1. The second kappa shape index (κ2) is 5.97. The lowest BCUT2D eigenvalue weighted by molar-refractivity contribution is 0.507. The van der Waals surface area contributed by atoms with Gasteiger partial charge in [-0.2, -0.15) is 5.10 Å². The fraction of sp³-hybridized carbons (Fsp3) is 0.250. The van der Waals surface area contributed by atoms with Gasteiger partial charge in [-0.05, 0) is 47.1 Å². The second-order valence-electron chi connectivity index (χ2n) is 3.82. The summed E-state index contributed by atoms with van der Waals surface area (Å²) in [6.45, 7) is 2.37. The van der Waals surface area contributed by atoms with Crippen LogP contribution in [0.25, 0.3) is 0 Å². The Labute approximate surface area is 113 Å². The van der Waals surface area contributed by atoms with E-state index in [2.05, 4.69) is 36.4 Å². The number of nitrogens with one attached hydrogen (secondary N) is 1. The number of halogens is 2. The van der Waals surface area contributed by atoms with Crippen molar-refractivity contribution in [3.63, 3.8) is 0 Å². The molecule has 0 aliphatic carbocycles. The Hall–Kier alpha value is -1.40. The van der Waals surface area contributed by atoms with Crippen molar-refractivity contribution >= 4 is 15.9 Å². The maximum absolute atomic E-state index is 13.5. The Morgan fingerprint density at radius 1 is 1.33 bits per heavy atom. The van der Waals surface area contributed by atoms with Crippen LogP contribution < -0.4 is 5.32 Å². The molecule has 0 aromatic carbocycles. The first kappa shape index (κ1) is 13.0. The summed E-state index contributed by atoms with van der Waals surface area (Å²) in [7, 11) is 0. The molecule has 0 saturated heterocycles. The van der Waals surface area contributed by atoms with Gasteiger partial charge in [0.05, 0.1) is 11.4 Å². The predicted octanol–water partition coefficient (Wildman–Crippen LogP) is 2.62. The Kier molecular flexibility index (Phi) is 4.33. The number of hydrogen-bond acceptors (Lipinski definition) is 4. The zero-order valence-corrected chi connectivity index (χ0v) is 11.4. The molecule has 0 fully saturated rings. The highest BCUT2D eigenvalue weighted by molar-refractivity contribution is 9.10. The van der Waals surface area contributed by atoms with Crippen LogP contribution in [-0.2, 0) is 6.54 Å². The van der Waals surface area contributed by atoms with Gasteiger partial charge in [0.15, 0.2) is 0 Å². The Bertz CT molecular complexity index is 518. The largest absolute Gasteiger partial charge is 0.303 e. The number of hydrogen-bond donors (Lipinski definition) is 1. The van der Waals surface area contributed by atoms with E-state index in [0.29, 0.717) is 16.8 Å². The third kappa shape index (κ3) is 3.30. The molecule has 1 atom stereocenters. The van der Waals surface area contributed by atoms with Crippen LogP contribution in [0.15, 0.2) is 35.1 Å². The quantitative estimate of drug-likeness (QED) is 0.943. The minimum Gasteiger partial charge on any atom is -0.303 e. The fourth-order valence-corrected chi connectivity index (χ4v) is 1.72. The van der Waals surface area contributed by atoms with E-state index in [-0.39, 0.29) is 11.9 Å². The normalized spacial score (nSPS) is 12.4. The average Bonchev–Trinajstić information content (AvgIpc) is 2.38. The monoisotopic (exact) mass is 310 g/mol. The molecule has 2 heterocycles. The Morgan fingerprint density at radius 2 is 2.17 bits per heavy atom. The summed E-state index contributed by atoms with van der Waals surface area (Å²) >= 11 is 3.22. The van der Waals surface area contributed by atoms with Crippen LogP contribution in [0.4, 0.5) is 4.39 Å². The van der Waals surface area contributed by atoms with Gasteiger partial charge in [0.25, 0.3) is 0 Å². The lowest BCUT2D eigenvalue weighted by Gasteiger charge is -2.13. The molecule has 94 valence electrons. The summed E-state index contributed by atoms with van der Waals surface area (Å²) in [6.07, 6.45) is 1.58. The highest BCUT2D eigenvalue weighted by atomic mass is 79.9. The van der Waals surface area contributed by atoms with E-state index in [1.807, 2.05) is 19.1 Å². The summed E-state index contributed by atoms with van der Waals surface area (Å²) in [5.41, 5.74) is 1.20. The molecule has 2 rings (SSSR count). The topological polar surface area (TPSA) is 50.7 Å². The lowest BCUT2D eigenvalue weighted by atomic mass is 10.2. The molecule has 18 heavy (non-hydrogen) atoms. The van der Waals surface area contributed by atoms with Crippen molar-refractivity contribution in [2.24, 2.45) is 0 Å². The molecule has 6 heteroatoms. The van der Waals surface area contributed by atoms with Crippen LogP contribution >= 0.6 is 15.9 Å². The summed E-state index contributed by atoms with van der Waals surface area (Å²) < 4.78 is 14.2. The summed E-state index contributed by atoms with van der Waals surface area (Å²) in [6, 6.07) is 6.46. The van der Waals surface area contributed by atoms with E-state index in [4.69, 9.17) is 0 Å². The van der Waals surface area contributed by atoms with Gasteiger partial charge >= 0.3 is 0 Å². The van der Waals surface area contributed by atoms with E-state index >= 15 is 0 Å². The number of aromatic nitrogens is 3. The molecule has 0 amide bonds. The molecular weight excluding hydrogens is 299 g/mol. The van der Waals surface area contributed by atoms with Gasteiger partial charge in [-0.25, -0.2) is 4.39 Å². The van der Waals surface area contributed by atoms with E-state index in [1.165, 1.54) is 6.07 Å². The van der Waals surface area contributed by atoms with Crippen LogP contribution in [0.2, 0.25) is 0 Å². The highest BCUT2D eigenvalue weighted by Gasteiger charge is 2.11. The molecule has 2 aromatic rings. The van der Waals surface area contributed by atoms with Crippen LogP contribution in [0, 0.1) is 5.82 Å². The Balaban J connectivity index is 1.98. The maximum Gasteiger partial charge on any atom is 0.146 e. The minimum absolute atomic E-state index is 0.184. The molecule has 0 radical (unpaired) electrons. The van der Waals surface area contributed by atoms with Crippen molar-refractivity contribution < 1.29 is 4.39 Å². The standard InChI is InChI=1S/C12H12BrFN4/c1-8(12-10(14)3-2-6-15-12)16-7-9-4-5-11(13)18-17-9/h2-6,8,16H,7H2,1H3. The van der Waals surface area contributed by atoms with Crippen LogP contribution in [0.3, 0.4) is 0 Å². The van der Waals surface area contributed by atoms with Crippen molar-refractivity contribution in [2.45, 2.75) is 19.5 Å². The first-order valence-corrected chi connectivity index (χ1v) is 6.28. The molecule has 1 unspecified atom stereocenters. The first-order valence-electron chi connectivity index (χ1n) is 5.48. The summed E-state index contributed by atoms with van der Waals surface area (Å²) in [5.74, 6) is -0.306. The van der Waals surface area contributed by atoms with Gasteiger partial charge < -0.3 is 5.32 Å². The molecule has 0 bridgehead atoms. The SMILES string of the molecule is CC(NCc1ccc(Br)nn1)c1ncccc1F. The fourth-order valence-electron chi connectivity index (χ4n) is 1.51. The molecule has 0 aliphatic rings. The molecule has 4 nitrogen and oxygen atoms in total. The van der Waals surface area contributed by atoms with Crippen LogP contribution in [0.5, 0.6) is 0 Å². The van der Waals surface area contributed by atoms with Crippen LogP contribution in [0.1, 0.15) is 24.4 Å². The minimum atomic E-state index is -0.306. The highest BCUT2D eigenvalue weighted by Crippen LogP contribution is 2.13. The van der Waals surface area contributed by atoms with Gasteiger partial charge in [-0.1, -0.05) is 0 Å². The van der Waals surface area contributed by atoms with E-state index in [0.717, 1.165) is 5.69 Å². The smallest absolute Gasteiger partial charge is 0.146 e. The van der Waals surface area contributed by atoms with Gasteiger partial charge in [-0.3, -0.25) is 4.98 Å². The van der Waals surface area contributed by atoms with Gasteiger partial charge in [0, 0.05) is 18.8 Å². The molecule has 0 spiro atoms. The first-order chi connectivity index (χ1) is 8.66. The summed E-state index contributed by atoms with van der Waals surface area (Å²) in [4.78, 5) is 4.02. The van der Waals surface area contributed by atoms with Gasteiger partial charge in [0.2, 0.25) is 0 Å². The van der Waals surface area contributed by atoms with Crippen molar-refractivity contribution in [1.82, 2.24) is 20.5 Å². The average molecular weight is 311 g/mol. The van der Waals surface area contributed by atoms with Crippen molar-refractivity contribution in [1.29, 1.82) is 0 Å². The van der Waals surface area contributed by atoms with E-state index in [1.54, 1.807) is 12.3 Å². The third-order valence-corrected chi connectivity index (χ3v) is 2.90. The molecule has 1 N–H and O–H groups in total. The van der Waals surface area contributed by atoms with Gasteiger partial charge in [-0.15, -0.1) is 5.10 Å². The zero-order chi connectivity index (χ0) is 13.0. The van der Waals surface area contributed by atoms with E-state index < -0.39 is 0 Å². The Morgan fingerprint density at radius 3 is 2.83 bits per heavy atom. The zero-order valence-electron chi connectivity index (χ0n) is 9.77. The van der Waals surface area contributed by atoms with Gasteiger partial charge in [0.1, 0.15) is 10.4 Å². The van der Waals surface area contributed by atoms with Crippen molar-refractivity contribution in [3.05, 3.63) is 52.3 Å². The third-order valence-electron chi connectivity index (χ3n) is 2.47. The number of nitrogens with zero attached hydrogens (tertiary/aromatic N) is 3. The van der Waals surface area contributed by atoms with Crippen molar-refractivity contribution in [3.8, 4) is 0 Å². The molecule has 0 saturated carbocycles. The maximum atomic E-state index is 13.5. The van der Waals surface area contributed by atoms with Crippen LogP contribution in [-0.4, -0.2) is 15.2 Å². The molecular formula is C12H12BrFN4. The van der Waals surface area contributed by atoms with Crippen molar-refractivity contribution in [2.75, 3.05) is 0 Å². The molecule has 2 aromatic heterocycles. The number of rotatable bonds is 4. The summed E-state index contributed by atoms with van der Waals surface area (Å²) in [5, 5.41) is 11.0. The predicted molar refractivity (Wildman–Crippen MR) is 69.2 cm³/mol. The molecule has 0 aliphatic heterocycles. The van der Waals surface area contributed by atoms with E-state index in [9.17, 15) is 4.39 Å².